The van der Waals surface area contributed by atoms with Crippen LogP contribution in [0.25, 0.3) is 0 Å². The third-order valence-electron chi connectivity index (χ3n) is 3.62. The minimum atomic E-state index is -0.970. The second-order valence-corrected chi connectivity index (χ2v) is 5.98. The SMILES string of the molecule is Cc1cccc(C(C)C)c1NC(=O)COC(=O)c1cc(F)cc(F)c1. The van der Waals surface area contributed by atoms with E-state index in [1.165, 1.54) is 0 Å². The van der Waals surface area contributed by atoms with E-state index in [1.807, 2.05) is 39.0 Å². The van der Waals surface area contributed by atoms with Crippen molar-refractivity contribution >= 4 is 17.6 Å². The van der Waals surface area contributed by atoms with E-state index in [4.69, 9.17) is 4.74 Å². The first-order valence-corrected chi connectivity index (χ1v) is 7.80. The largest absolute Gasteiger partial charge is 0.452 e. The first-order chi connectivity index (χ1) is 11.8. The van der Waals surface area contributed by atoms with E-state index in [1.54, 1.807) is 0 Å². The highest BCUT2D eigenvalue weighted by molar-refractivity contribution is 5.96. The maximum atomic E-state index is 13.1. The molecule has 2 aromatic rings. The number of halogens is 2. The van der Waals surface area contributed by atoms with Crippen molar-refractivity contribution < 1.29 is 23.1 Å². The van der Waals surface area contributed by atoms with E-state index in [9.17, 15) is 18.4 Å². The van der Waals surface area contributed by atoms with Crippen LogP contribution in [-0.4, -0.2) is 18.5 Å². The van der Waals surface area contributed by atoms with Gasteiger partial charge in [0.2, 0.25) is 0 Å². The third kappa shape index (κ3) is 4.86. The van der Waals surface area contributed by atoms with Crippen molar-refractivity contribution in [2.24, 2.45) is 0 Å². The van der Waals surface area contributed by atoms with Gasteiger partial charge in [-0.3, -0.25) is 4.79 Å². The first kappa shape index (κ1) is 18.6. The molecule has 25 heavy (non-hydrogen) atoms. The lowest BCUT2D eigenvalue weighted by Crippen LogP contribution is -2.22. The third-order valence-corrected chi connectivity index (χ3v) is 3.62. The smallest absolute Gasteiger partial charge is 0.338 e. The number of ether oxygens (including phenoxy) is 1. The number of anilines is 1. The lowest BCUT2D eigenvalue weighted by molar-refractivity contribution is -0.119. The number of nitrogens with one attached hydrogen (secondary N) is 1. The Hall–Kier alpha value is -2.76. The Bertz CT molecular complexity index is 783. The molecular formula is C19H19F2NO3. The van der Waals surface area contributed by atoms with Gasteiger partial charge >= 0.3 is 5.97 Å². The van der Waals surface area contributed by atoms with Gasteiger partial charge < -0.3 is 10.1 Å². The Morgan fingerprint density at radius 3 is 2.36 bits per heavy atom. The molecule has 0 aromatic heterocycles. The molecule has 0 fully saturated rings. The Balaban J connectivity index is 2.03. The number of carbonyl (C=O) groups is 2. The number of rotatable bonds is 5. The minimum Gasteiger partial charge on any atom is -0.452 e. The van der Waals surface area contributed by atoms with Crippen LogP contribution in [0.4, 0.5) is 14.5 Å². The summed E-state index contributed by atoms with van der Waals surface area (Å²) in [6, 6.07) is 8.02. The van der Waals surface area contributed by atoms with Gasteiger partial charge in [-0.05, 0) is 36.1 Å². The standard InChI is InChI=1S/C19H19F2NO3/c1-11(2)16-6-4-5-12(3)18(16)22-17(23)10-25-19(24)13-7-14(20)9-15(21)8-13/h4-9,11H,10H2,1-3H3,(H,22,23). The maximum absolute atomic E-state index is 13.1. The van der Waals surface area contributed by atoms with Gasteiger partial charge in [0.05, 0.1) is 5.56 Å². The van der Waals surface area contributed by atoms with Crippen molar-refractivity contribution in [3.05, 3.63) is 64.7 Å². The number of hydrogen-bond acceptors (Lipinski definition) is 3. The summed E-state index contributed by atoms with van der Waals surface area (Å²) in [5.41, 5.74) is 2.24. The van der Waals surface area contributed by atoms with Crippen LogP contribution in [0, 0.1) is 18.6 Å². The topological polar surface area (TPSA) is 55.4 Å². The highest BCUT2D eigenvalue weighted by Gasteiger charge is 2.15. The molecule has 132 valence electrons. The predicted octanol–water partition coefficient (Wildman–Crippen LogP) is 4.19. The fourth-order valence-electron chi connectivity index (χ4n) is 2.40. The summed E-state index contributed by atoms with van der Waals surface area (Å²) in [6.45, 7) is 5.32. The zero-order chi connectivity index (χ0) is 18.6. The van der Waals surface area contributed by atoms with Gasteiger partial charge in [-0.2, -0.15) is 0 Å². The summed E-state index contributed by atoms with van der Waals surface area (Å²) in [6.07, 6.45) is 0. The van der Waals surface area contributed by atoms with Gasteiger partial charge in [-0.1, -0.05) is 32.0 Å². The van der Waals surface area contributed by atoms with Crippen LogP contribution >= 0.6 is 0 Å². The molecule has 6 heteroatoms. The molecule has 1 N–H and O–H groups in total. The lowest BCUT2D eigenvalue weighted by Gasteiger charge is -2.16. The zero-order valence-corrected chi connectivity index (χ0v) is 14.2. The molecule has 0 aliphatic carbocycles. The van der Waals surface area contributed by atoms with Gasteiger partial charge in [0.1, 0.15) is 11.6 Å². The van der Waals surface area contributed by atoms with Crippen LogP contribution < -0.4 is 5.32 Å². The molecule has 2 rings (SSSR count). The molecule has 0 saturated heterocycles. The van der Waals surface area contributed by atoms with Gasteiger partial charge in [0.15, 0.2) is 6.61 Å². The van der Waals surface area contributed by atoms with E-state index in [0.717, 1.165) is 23.3 Å². The molecule has 1 amide bonds. The number of para-hydroxylation sites is 1. The molecule has 0 radical (unpaired) electrons. The normalized spacial score (nSPS) is 10.6. The van der Waals surface area contributed by atoms with Crippen LogP contribution in [-0.2, 0) is 9.53 Å². The molecule has 0 aliphatic heterocycles. The number of carbonyl (C=O) groups excluding carboxylic acids is 2. The van der Waals surface area contributed by atoms with E-state index in [0.29, 0.717) is 11.8 Å². The average Bonchev–Trinajstić information content (AvgIpc) is 2.53. The van der Waals surface area contributed by atoms with Crippen molar-refractivity contribution in [3.8, 4) is 0 Å². The Morgan fingerprint density at radius 2 is 1.76 bits per heavy atom. The number of hydrogen-bond donors (Lipinski definition) is 1. The first-order valence-electron chi connectivity index (χ1n) is 7.80. The predicted molar refractivity (Wildman–Crippen MR) is 90.5 cm³/mol. The highest BCUT2D eigenvalue weighted by atomic mass is 19.1. The van der Waals surface area contributed by atoms with Gasteiger partial charge in [0, 0.05) is 11.8 Å². The lowest BCUT2D eigenvalue weighted by atomic mass is 9.98. The van der Waals surface area contributed by atoms with Crippen molar-refractivity contribution in [2.45, 2.75) is 26.7 Å². The Morgan fingerprint density at radius 1 is 1.12 bits per heavy atom. The molecule has 0 heterocycles. The molecule has 2 aromatic carbocycles. The number of esters is 1. The molecule has 0 saturated carbocycles. The van der Waals surface area contributed by atoms with E-state index < -0.39 is 30.1 Å². The molecule has 0 spiro atoms. The monoisotopic (exact) mass is 347 g/mol. The summed E-state index contributed by atoms with van der Waals surface area (Å²) < 4.78 is 31.1. The van der Waals surface area contributed by atoms with Gasteiger partial charge in [-0.25, -0.2) is 13.6 Å². The van der Waals surface area contributed by atoms with Gasteiger partial charge in [0.25, 0.3) is 5.91 Å². The molecular weight excluding hydrogens is 328 g/mol. The summed E-state index contributed by atoms with van der Waals surface area (Å²) in [4.78, 5) is 23.9. The van der Waals surface area contributed by atoms with Crippen molar-refractivity contribution in [1.82, 2.24) is 0 Å². The molecule has 0 bridgehead atoms. The summed E-state index contributed by atoms with van der Waals surface area (Å²) in [7, 11) is 0. The number of aryl methyl sites for hydroxylation is 1. The second-order valence-electron chi connectivity index (χ2n) is 5.98. The van der Waals surface area contributed by atoms with E-state index in [-0.39, 0.29) is 11.5 Å². The summed E-state index contributed by atoms with van der Waals surface area (Å²) in [5, 5.41) is 2.73. The molecule has 4 nitrogen and oxygen atoms in total. The number of benzene rings is 2. The average molecular weight is 347 g/mol. The zero-order valence-electron chi connectivity index (χ0n) is 14.2. The Labute approximate surface area is 144 Å². The molecule has 0 atom stereocenters. The quantitative estimate of drug-likeness (QED) is 0.825. The van der Waals surface area contributed by atoms with E-state index >= 15 is 0 Å². The maximum Gasteiger partial charge on any atom is 0.338 e. The van der Waals surface area contributed by atoms with Crippen molar-refractivity contribution in [3.63, 3.8) is 0 Å². The highest BCUT2D eigenvalue weighted by Crippen LogP contribution is 2.27. The second kappa shape index (κ2) is 7.88. The van der Waals surface area contributed by atoms with Crippen molar-refractivity contribution in [1.29, 1.82) is 0 Å². The molecule has 0 unspecified atom stereocenters. The summed E-state index contributed by atoms with van der Waals surface area (Å²) >= 11 is 0. The fourth-order valence-corrected chi connectivity index (χ4v) is 2.40. The van der Waals surface area contributed by atoms with E-state index in [2.05, 4.69) is 5.32 Å². The van der Waals surface area contributed by atoms with Crippen LogP contribution in [0.1, 0.15) is 41.3 Å². The summed E-state index contributed by atoms with van der Waals surface area (Å²) in [5.74, 6) is -3.08. The minimum absolute atomic E-state index is 0.202. The Kier molecular flexibility index (Phi) is 5.85. The van der Waals surface area contributed by atoms with Crippen LogP contribution in [0.15, 0.2) is 36.4 Å². The molecule has 0 aliphatic rings. The van der Waals surface area contributed by atoms with Crippen LogP contribution in [0.3, 0.4) is 0 Å². The fraction of sp³-hybridized carbons (Fsp3) is 0.263. The van der Waals surface area contributed by atoms with Crippen molar-refractivity contribution in [2.75, 3.05) is 11.9 Å². The van der Waals surface area contributed by atoms with Gasteiger partial charge in [-0.15, -0.1) is 0 Å². The van der Waals surface area contributed by atoms with Crippen LogP contribution in [0.5, 0.6) is 0 Å². The number of amides is 1. The van der Waals surface area contributed by atoms with Crippen LogP contribution in [0.2, 0.25) is 0 Å².